The number of carbonyl (C=O) groups excluding carboxylic acids is 2. The van der Waals surface area contributed by atoms with Gasteiger partial charge in [0.05, 0.1) is 44.4 Å². The van der Waals surface area contributed by atoms with Crippen LogP contribution in [0.1, 0.15) is 138 Å². The number of rotatable bonds is 13. The van der Waals surface area contributed by atoms with Crippen molar-refractivity contribution in [2.45, 2.75) is 151 Å². The van der Waals surface area contributed by atoms with Gasteiger partial charge in [-0.3, -0.25) is 14.4 Å². The van der Waals surface area contributed by atoms with E-state index in [2.05, 4.69) is 39.5 Å². The molecule has 7 rings (SSSR count). The van der Waals surface area contributed by atoms with E-state index in [1.54, 1.807) is 21.0 Å². The number of carboxylic acid groups (broad SMARTS) is 1. The Balaban J connectivity index is 1.02. The second-order valence-electron chi connectivity index (χ2n) is 21.5. The number of aliphatic carboxylic acids is 1. The maximum atomic E-state index is 14.5. The van der Waals surface area contributed by atoms with Crippen molar-refractivity contribution in [3.8, 4) is 0 Å². The SMILES string of the molecule is COCCOCCOC1CCN(C(=O)[C@@H]2C[C@@H](C3CC3)[C@H]3C2CC[C@]2(C)[C@@H]3CC[C@@H]3[C@@]4(C)CC[C@H](OC(=O)CC(C)(C)C(=O)O)C(C)(C)C4CC[C@]32C)CC1. The highest BCUT2D eigenvalue weighted by atomic mass is 16.5. The molecule has 7 fully saturated rings. The zero-order valence-electron chi connectivity index (χ0n) is 35.7. The molecule has 1 aliphatic heterocycles. The molecule has 0 aromatic rings. The van der Waals surface area contributed by atoms with Gasteiger partial charge in [-0.25, -0.2) is 0 Å². The minimum Gasteiger partial charge on any atom is -0.481 e. The molecular weight excluding hydrogens is 695 g/mol. The molecule has 6 aliphatic carbocycles. The monoisotopic (exact) mass is 770 g/mol. The van der Waals surface area contributed by atoms with Crippen LogP contribution in [0.3, 0.4) is 0 Å². The number of esters is 1. The van der Waals surface area contributed by atoms with Crippen LogP contribution in [0.5, 0.6) is 0 Å². The molecule has 7 aliphatic rings. The summed E-state index contributed by atoms with van der Waals surface area (Å²) in [5.74, 6) is 3.75. The van der Waals surface area contributed by atoms with E-state index in [4.69, 9.17) is 18.9 Å². The smallest absolute Gasteiger partial charge is 0.309 e. The van der Waals surface area contributed by atoms with Crippen LogP contribution in [0.25, 0.3) is 0 Å². The molecular formula is C46H75NO8. The van der Waals surface area contributed by atoms with Crippen LogP contribution in [0.15, 0.2) is 0 Å². The summed E-state index contributed by atoms with van der Waals surface area (Å²) in [4.78, 5) is 41.6. The summed E-state index contributed by atoms with van der Waals surface area (Å²) < 4.78 is 23.0. The van der Waals surface area contributed by atoms with Gasteiger partial charge in [-0.15, -0.1) is 0 Å². The lowest BCUT2D eigenvalue weighted by atomic mass is 9.33. The third-order valence-electron chi connectivity index (χ3n) is 18.1. The predicted molar refractivity (Wildman–Crippen MR) is 211 cm³/mol. The van der Waals surface area contributed by atoms with E-state index in [0.717, 1.165) is 57.5 Å². The number of piperidine rings is 1. The number of methoxy groups -OCH3 is 1. The number of likely N-dealkylation sites (tertiary alicyclic amines) is 1. The molecule has 9 nitrogen and oxygen atoms in total. The zero-order valence-corrected chi connectivity index (χ0v) is 35.7. The van der Waals surface area contributed by atoms with Gasteiger partial charge in [0.2, 0.25) is 5.91 Å². The lowest BCUT2D eigenvalue weighted by Crippen LogP contribution is -2.66. The van der Waals surface area contributed by atoms with Crippen LogP contribution in [0, 0.1) is 74.4 Å². The highest BCUT2D eigenvalue weighted by Crippen LogP contribution is 2.77. The fraction of sp³-hybridized carbons (Fsp3) is 0.935. The minimum absolute atomic E-state index is 0.103. The number of carbonyl (C=O) groups is 3. The quantitative estimate of drug-likeness (QED) is 0.147. The van der Waals surface area contributed by atoms with E-state index in [1.807, 2.05) is 0 Å². The summed E-state index contributed by atoms with van der Waals surface area (Å²) in [5.41, 5.74) is -0.648. The Kier molecular flexibility index (Phi) is 11.7. The van der Waals surface area contributed by atoms with Crippen molar-refractivity contribution in [3.63, 3.8) is 0 Å². The van der Waals surface area contributed by atoms with Crippen molar-refractivity contribution in [1.29, 1.82) is 0 Å². The van der Waals surface area contributed by atoms with Gasteiger partial charge in [0.1, 0.15) is 6.10 Å². The Morgan fingerprint density at radius 1 is 0.764 bits per heavy atom. The molecule has 312 valence electrons. The molecule has 0 spiro atoms. The van der Waals surface area contributed by atoms with E-state index in [9.17, 15) is 19.5 Å². The number of carboxylic acids is 1. The molecule has 0 aromatic carbocycles. The minimum atomic E-state index is -1.14. The third kappa shape index (κ3) is 7.33. The van der Waals surface area contributed by atoms with Gasteiger partial charge >= 0.3 is 11.9 Å². The van der Waals surface area contributed by atoms with Gasteiger partial charge in [0.15, 0.2) is 0 Å². The molecule has 1 heterocycles. The Labute approximate surface area is 332 Å². The number of amides is 1. The van der Waals surface area contributed by atoms with Crippen LogP contribution in [0.2, 0.25) is 0 Å². The maximum absolute atomic E-state index is 14.5. The normalized spacial score (nSPS) is 41.4. The first-order valence-corrected chi connectivity index (χ1v) is 22.4. The average molecular weight is 770 g/mol. The summed E-state index contributed by atoms with van der Waals surface area (Å²) in [7, 11) is 1.68. The fourth-order valence-electron chi connectivity index (χ4n) is 14.9. The molecule has 1 saturated heterocycles. The third-order valence-corrected chi connectivity index (χ3v) is 18.1. The predicted octanol–water partition coefficient (Wildman–Crippen LogP) is 8.42. The van der Waals surface area contributed by atoms with Crippen LogP contribution in [-0.2, 0) is 33.3 Å². The molecule has 1 amide bonds. The number of ether oxygens (including phenoxy) is 4. The second-order valence-corrected chi connectivity index (χ2v) is 21.5. The Bertz CT molecular complexity index is 1420. The van der Waals surface area contributed by atoms with Gasteiger partial charge < -0.3 is 29.0 Å². The van der Waals surface area contributed by atoms with E-state index in [0.29, 0.717) is 67.8 Å². The molecule has 55 heavy (non-hydrogen) atoms. The van der Waals surface area contributed by atoms with Crippen molar-refractivity contribution >= 4 is 17.8 Å². The van der Waals surface area contributed by atoms with Crippen LogP contribution >= 0.6 is 0 Å². The van der Waals surface area contributed by atoms with E-state index in [1.165, 1.54) is 44.9 Å². The summed E-state index contributed by atoms with van der Waals surface area (Å²) in [5, 5.41) is 9.63. The lowest BCUT2D eigenvalue weighted by Gasteiger charge is -2.72. The lowest BCUT2D eigenvalue weighted by molar-refractivity contribution is -0.245. The van der Waals surface area contributed by atoms with Crippen molar-refractivity contribution in [2.24, 2.45) is 74.4 Å². The highest BCUT2D eigenvalue weighted by Gasteiger charge is 2.70. The first kappa shape index (κ1) is 41.4. The van der Waals surface area contributed by atoms with E-state index in [-0.39, 0.29) is 52.2 Å². The van der Waals surface area contributed by atoms with Crippen LogP contribution < -0.4 is 0 Å². The number of hydrogen-bond donors (Lipinski definition) is 1. The van der Waals surface area contributed by atoms with Gasteiger partial charge in [-0.05, 0) is 155 Å². The van der Waals surface area contributed by atoms with Crippen molar-refractivity contribution in [3.05, 3.63) is 0 Å². The van der Waals surface area contributed by atoms with Crippen LogP contribution in [0.4, 0.5) is 0 Å². The Morgan fingerprint density at radius 2 is 1.45 bits per heavy atom. The molecule has 0 aromatic heterocycles. The van der Waals surface area contributed by atoms with Crippen LogP contribution in [-0.4, -0.2) is 86.7 Å². The zero-order chi connectivity index (χ0) is 39.6. The van der Waals surface area contributed by atoms with Gasteiger partial charge in [0.25, 0.3) is 0 Å². The topological polar surface area (TPSA) is 112 Å². The van der Waals surface area contributed by atoms with Gasteiger partial charge in [-0.2, -0.15) is 0 Å². The maximum Gasteiger partial charge on any atom is 0.309 e. The summed E-state index contributed by atoms with van der Waals surface area (Å²) in [6, 6.07) is 0. The Hall–Kier alpha value is -1.71. The molecule has 1 N–H and O–H groups in total. The average Bonchev–Trinajstić information content (AvgIpc) is 3.90. The van der Waals surface area contributed by atoms with Crippen molar-refractivity contribution in [2.75, 3.05) is 46.6 Å². The summed E-state index contributed by atoms with van der Waals surface area (Å²) in [6.07, 6.45) is 14.8. The second kappa shape index (κ2) is 15.5. The van der Waals surface area contributed by atoms with Gasteiger partial charge in [0, 0.05) is 31.5 Å². The largest absolute Gasteiger partial charge is 0.481 e. The van der Waals surface area contributed by atoms with Gasteiger partial charge in [-0.1, -0.05) is 34.6 Å². The molecule has 2 unspecified atom stereocenters. The standard InChI is InChI=1S/C46H75NO8/c1-42(2,41(50)51)28-38(48)55-37-15-18-44(5)35(43(37,3)4)14-20-46(7)36(44)12-11-34-39-31(13-19-45(34,46)6)33(27-32(39)29-9-10-29)40(49)47-21-16-30(17-22-47)54-26-25-53-24-23-52-8/h29-37,39H,9-28H2,1-8H3,(H,50,51)/t31?,32-,33+,34+,35?,36+,37-,39+,44-,45+,46+/m0/s1. The highest BCUT2D eigenvalue weighted by molar-refractivity contribution is 5.81. The summed E-state index contributed by atoms with van der Waals surface area (Å²) >= 11 is 0. The first-order valence-electron chi connectivity index (χ1n) is 22.4. The first-order chi connectivity index (χ1) is 26.0. The molecule has 6 saturated carbocycles. The van der Waals surface area contributed by atoms with E-state index >= 15 is 0 Å². The van der Waals surface area contributed by atoms with Crippen molar-refractivity contribution < 1.29 is 38.4 Å². The number of hydrogen-bond acceptors (Lipinski definition) is 7. The number of fused-ring (bicyclic) bond motifs is 7. The summed E-state index contributed by atoms with van der Waals surface area (Å²) in [6.45, 7) is 19.8. The van der Waals surface area contributed by atoms with Crippen molar-refractivity contribution in [1.82, 2.24) is 4.90 Å². The fourth-order valence-corrected chi connectivity index (χ4v) is 14.9. The Morgan fingerprint density at radius 3 is 2.13 bits per heavy atom. The molecule has 0 radical (unpaired) electrons. The van der Waals surface area contributed by atoms with E-state index < -0.39 is 11.4 Å². The molecule has 9 heteroatoms. The molecule has 11 atom stereocenters. The number of nitrogens with zero attached hydrogens (tertiary/aromatic N) is 1. The molecule has 0 bridgehead atoms.